The first kappa shape index (κ1) is 14.9. The maximum atomic E-state index is 10.6. The summed E-state index contributed by atoms with van der Waals surface area (Å²) in [5.74, 6) is 1.09. The third-order valence-corrected chi connectivity index (χ3v) is 6.34. The first-order valence-electron chi connectivity index (χ1n) is 6.58. The van der Waals surface area contributed by atoms with Gasteiger partial charge in [-0.05, 0) is 30.4 Å². The number of thioether (sulfide) groups is 1. The number of halogens is 1. The Labute approximate surface area is 126 Å². The first-order valence-corrected chi connectivity index (χ1v) is 8.69. The van der Waals surface area contributed by atoms with Gasteiger partial charge in [-0.2, -0.15) is 0 Å². The Kier molecular flexibility index (Phi) is 5.28. The van der Waals surface area contributed by atoms with Gasteiger partial charge in [-0.3, -0.25) is 10.1 Å². The van der Waals surface area contributed by atoms with Gasteiger partial charge >= 0.3 is 0 Å². The van der Waals surface area contributed by atoms with Gasteiger partial charge in [0.1, 0.15) is 0 Å². The molecule has 0 unspecified atom stereocenters. The SMILES string of the molecule is O=[N+]([O-])c1ccc(SCC2(CBr)CCCCC2)cc1. The van der Waals surface area contributed by atoms with Crippen molar-refractivity contribution in [1.82, 2.24) is 0 Å². The highest BCUT2D eigenvalue weighted by Crippen LogP contribution is 2.42. The van der Waals surface area contributed by atoms with Crippen LogP contribution in [0.1, 0.15) is 32.1 Å². The lowest BCUT2D eigenvalue weighted by molar-refractivity contribution is -0.384. The molecule has 0 bridgehead atoms. The van der Waals surface area contributed by atoms with Gasteiger partial charge in [0.15, 0.2) is 0 Å². The fourth-order valence-electron chi connectivity index (χ4n) is 2.52. The minimum atomic E-state index is -0.352. The number of alkyl halides is 1. The van der Waals surface area contributed by atoms with E-state index in [9.17, 15) is 10.1 Å². The molecule has 0 radical (unpaired) electrons. The Balaban J connectivity index is 1.95. The van der Waals surface area contributed by atoms with Crippen molar-refractivity contribution in [2.24, 2.45) is 5.41 Å². The Bertz CT molecular complexity index is 430. The first-order chi connectivity index (χ1) is 9.15. The normalized spacial score (nSPS) is 18.2. The fourth-order valence-corrected chi connectivity index (χ4v) is 4.73. The summed E-state index contributed by atoms with van der Waals surface area (Å²) in [4.78, 5) is 11.4. The standard InChI is InChI=1S/C14H18BrNO2S/c15-10-14(8-2-1-3-9-14)11-19-13-6-4-12(5-7-13)16(17)18/h4-7H,1-3,8-11H2. The summed E-state index contributed by atoms with van der Waals surface area (Å²) < 4.78 is 0. The van der Waals surface area contributed by atoms with E-state index in [2.05, 4.69) is 15.9 Å². The predicted octanol–water partition coefficient (Wildman–Crippen LogP) is 5.03. The number of nitro groups is 1. The zero-order chi connectivity index (χ0) is 13.7. The lowest BCUT2D eigenvalue weighted by Crippen LogP contribution is -2.28. The highest BCUT2D eigenvalue weighted by atomic mass is 79.9. The molecule has 0 spiro atoms. The largest absolute Gasteiger partial charge is 0.269 e. The van der Waals surface area contributed by atoms with E-state index in [1.54, 1.807) is 12.1 Å². The molecule has 1 aliphatic rings. The van der Waals surface area contributed by atoms with Crippen LogP contribution in [0.3, 0.4) is 0 Å². The van der Waals surface area contributed by atoms with E-state index in [1.807, 2.05) is 23.9 Å². The highest BCUT2D eigenvalue weighted by Gasteiger charge is 2.30. The molecular weight excluding hydrogens is 326 g/mol. The van der Waals surface area contributed by atoms with Crippen LogP contribution in [-0.2, 0) is 0 Å². The van der Waals surface area contributed by atoms with E-state index < -0.39 is 0 Å². The van der Waals surface area contributed by atoms with Crippen LogP contribution in [0.2, 0.25) is 0 Å². The zero-order valence-corrected chi connectivity index (χ0v) is 13.2. The summed E-state index contributed by atoms with van der Waals surface area (Å²) in [6.45, 7) is 0. The van der Waals surface area contributed by atoms with E-state index >= 15 is 0 Å². The molecule has 0 atom stereocenters. The lowest BCUT2D eigenvalue weighted by atomic mass is 9.77. The molecule has 19 heavy (non-hydrogen) atoms. The summed E-state index contributed by atoms with van der Waals surface area (Å²) in [6, 6.07) is 6.88. The number of rotatable bonds is 5. The fraction of sp³-hybridized carbons (Fsp3) is 0.571. The molecule has 0 aliphatic heterocycles. The molecule has 1 aliphatic carbocycles. The van der Waals surface area contributed by atoms with Crippen molar-refractivity contribution in [3.63, 3.8) is 0 Å². The molecule has 0 aromatic heterocycles. The van der Waals surface area contributed by atoms with Crippen LogP contribution in [0.4, 0.5) is 5.69 Å². The van der Waals surface area contributed by atoms with Crippen LogP contribution >= 0.6 is 27.7 Å². The van der Waals surface area contributed by atoms with Crippen molar-refractivity contribution in [3.8, 4) is 0 Å². The van der Waals surface area contributed by atoms with E-state index in [-0.39, 0.29) is 10.6 Å². The summed E-state index contributed by atoms with van der Waals surface area (Å²) in [7, 11) is 0. The van der Waals surface area contributed by atoms with Gasteiger partial charge in [0.25, 0.3) is 5.69 Å². The average molecular weight is 344 g/mol. The van der Waals surface area contributed by atoms with Crippen molar-refractivity contribution in [2.75, 3.05) is 11.1 Å². The van der Waals surface area contributed by atoms with Gasteiger partial charge in [0.2, 0.25) is 0 Å². The van der Waals surface area contributed by atoms with Gasteiger partial charge < -0.3 is 0 Å². The average Bonchev–Trinajstić information content (AvgIpc) is 2.46. The van der Waals surface area contributed by atoms with Crippen LogP contribution in [0.5, 0.6) is 0 Å². The van der Waals surface area contributed by atoms with Gasteiger partial charge in [-0.15, -0.1) is 11.8 Å². The monoisotopic (exact) mass is 343 g/mol. The summed E-state index contributed by atoms with van der Waals surface area (Å²) in [6.07, 6.45) is 6.59. The second-order valence-electron chi connectivity index (χ2n) is 5.23. The van der Waals surface area contributed by atoms with Crippen molar-refractivity contribution in [3.05, 3.63) is 34.4 Å². The van der Waals surface area contributed by atoms with Crippen LogP contribution in [0.15, 0.2) is 29.2 Å². The molecular formula is C14H18BrNO2S. The molecule has 0 N–H and O–H groups in total. The van der Waals surface area contributed by atoms with E-state index in [4.69, 9.17) is 0 Å². The van der Waals surface area contributed by atoms with E-state index in [1.165, 1.54) is 32.1 Å². The van der Waals surface area contributed by atoms with Crippen molar-refractivity contribution >= 4 is 33.4 Å². The minimum absolute atomic E-state index is 0.164. The van der Waals surface area contributed by atoms with Crippen molar-refractivity contribution < 1.29 is 4.92 Å². The molecule has 0 saturated heterocycles. The van der Waals surface area contributed by atoms with Crippen LogP contribution < -0.4 is 0 Å². The number of hydrogen-bond acceptors (Lipinski definition) is 3. The van der Waals surface area contributed by atoms with Gasteiger partial charge in [0, 0.05) is 28.1 Å². The number of benzene rings is 1. The summed E-state index contributed by atoms with van der Waals surface area (Å²) in [5.41, 5.74) is 0.572. The summed E-state index contributed by atoms with van der Waals surface area (Å²) in [5, 5.41) is 11.7. The molecule has 5 heteroatoms. The Morgan fingerprint density at radius 1 is 1.21 bits per heavy atom. The molecule has 104 valence electrons. The third-order valence-electron chi connectivity index (χ3n) is 3.79. The molecule has 2 rings (SSSR count). The third kappa shape index (κ3) is 3.96. The number of nitrogens with zero attached hydrogens (tertiary/aromatic N) is 1. The van der Waals surface area contributed by atoms with Crippen molar-refractivity contribution in [1.29, 1.82) is 0 Å². The molecule has 0 amide bonds. The van der Waals surface area contributed by atoms with Gasteiger partial charge in [0.05, 0.1) is 4.92 Å². The van der Waals surface area contributed by atoms with E-state index in [0.29, 0.717) is 5.41 Å². The predicted molar refractivity (Wildman–Crippen MR) is 83.1 cm³/mol. The van der Waals surface area contributed by atoms with Crippen molar-refractivity contribution in [2.45, 2.75) is 37.0 Å². The van der Waals surface area contributed by atoms with Crippen LogP contribution in [-0.4, -0.2) is 16.0 Å². The Morgan fingerprint density at radius 2 is 1.84 bits per heavy atom. The number of nitro benzene ring substituents is 1. The highest BCUT2D eigenvalue weighted by molar-refractivity contribution is 9.09. The lowest BCUT2D eigenvalue weighted by Gasteiger charge is -2.35. The second kappa shape index (κ2) is 6.75. The Hall–Kier alpha value is -0.550. The number of non-ortho nitro benzene ring substituents is 1. The molecule has 3 nitrogen and oxygen atoms in total. The smallest absolute Gasteiger partial charge is 0.258 e. The Morgan fingerprint density at radius 3 is 2.37 bits per heavy atom. The maximum absolute atomic E-state index is 10.6. The molecule has 0 heterocycles. The van der Waals surface area contributed by atoms with E-state index in [0.717, 1.165) is 16.0 Å². The maximum Gasteiger partial charge on any atom is 0.269 e. The second-order valence-corrected chi connectivity index (χ2v) is 6.84. The molecule has 1 fully saturated rings. The molecule has 1 saturated carbocycles. The number of hydrogen-bond donors (Lipinski definition) is 0. The van der Waals surface area contributed by atoms with Crippen LogP contribution in [0, 0.1) is 15.5 Å². The van der Waals surface area contributed by atoms with Gasteiger partial charge in [-0.25, -0.2) is 0 Å². The topological polar surface area (TPSA) is 43.1 Å². The molecule has 1 aromatic carbocycles. The minimum Gasteiger partial charge on any atom is -0.258 e. The quantitative estimate of drug-likeness (QED) is 0.326. The zero-order valence-electron chi connectivity index (χ0n) is 10.8. The van der Waals surface area contributed by atoms with Crippen LogP contribution in [0.25, 0.3) is 0 Å². The summed E-state index contributed by atoms with van der Waals surface area (Å²) >= 11 is 5.49. The molecule has 1 aromatic rings. The van der Waals surface area contributed by atoms with Gasteiger partial charge in [-0.1, -0.05) is 35.2 Å².